The predicted octanol–water partition coefficient (Wildman–Crippen LogP) is 2.20. The zero-order valence-corrected chi connectivity index (χ0v) is 11.6. The third-order valence-electron chi connectivity index (χ3n) is 3.64. The lowest BCUT2D eigenvalue weighted by molar-refractivity contribution is 0.0545. The van der Waals surface area contributed by atoms with Gasteiger partial charge in [0, 0.05) is 0 Å². The average molecular weight is 306 g/mol. The third kappa shape index (κ3) is 1.98. The summed E-state index contributed by atoms with van der Waals surface area (Å²) in [6.07, 6.45) is 4.86. The zero-order valence-electron chi connectivity index (χ0n) is 11.6. The van der Waals surface area contributed by atoms with Crippen LogP contribution in [0.1, 0.15) is 31.1 Å². The van der Waals surface area contributed by atoms with Gasteiger partial charge in [0.1, 0.15) is 6.33 Å². The zero-order chi connectivity index (χ0) is 15.3. The first kappa shape index (κ1) is 13.0. The molecular weight excluding hydrogens is 294 g/mol. The Kier molecular flexibility index (Phi) is 2.78. The van der Waals surface area contributed by atoms with Gasteiger partial charge in [-0.15, -0.1) is 5.10 Å². The Labute approximate surface area is 123 Å². The summed E-state index contributed by atoms with van der Waals surface area (Å²) in [6.45, 7) is -1.13. The van der Waals surface area contributed by atoms with Crippen molar-refractivity contribution in [3.8, 4) is 0 Å². The number of hydrogen-bond donors (Lipinski definition) is 1. The summed E-state index contributed by atoms with van der Waals surface area (Å²) in [6, 6.07) is 0.344. The third-order valence-corrected chi connectivity index (χ3v) is 3.64. The number of nitrogens with one attached hydrogen (secondary N) is 1. The topological polar surface area (TPSA) is 86.3 Å². The Hall–Kier alpha value is -2.65. The van der Waals surface area contributed by atoms with Gasteiger partial charge in [0.2, 0.25) is 0 Å². The molecular formula is C12H12F2N8. The van der Waals surface area contributed by atoms with Gasteiger partial charge >= 0.3 is 6.55 Å². The van der Waals surface area contributed by atoms with E-state index in [4.69, 9.17) is 0 Å². The molecule has 0 spiro atoms. The summed E-state index contributed by atoms with van der Waals surface area (Å²) in [5.41, 5.74) is 1.91. The largest absolute Gasteiger partial charge is 0.335 e. The van der Waals surface area contributed by atoms with Crippen LogP contribution in [0.2, 0.25) is 0 Å². The molecule has 0 saturated heterocycles. The smallest absolute Gasteiger partial charge is 0.333 e. The molecule has 3 heterocycles. The van der Waals surface area contributed by atoms with Gasteiger partial charge in [-0.2, -0.15) is 13.9 Å². The van der Waals surface area contributed by atoms with E-state index in [1.807, 2.05) is 0 Å². The lowest BCUT2D eigenvalue weighted by Gasteiger charge is -2.06. The van der Waals surface area contributed by atoms with E-state index >= 15 is 0 Å². The Morgan fingerprint density at radius 3 is 2.82 bits per heavy atom. The van der Waals surface area contributed by atoms with Gasteiger partial charge in [0.05, 0.1) is 23.6 Å². The minimum atomic E-state index is -2.68. The van der Waals surface area contributed by atoms with Crippen LogP contribution in [-0.2, 0) is 0 Å². The van der Waals surface area contributed by atoms with Crippen LogP contribution in [0.25, 0.3) is 11.2 Å². The fourth-order valence-electron chi connectivity index (χ4n) is 2.29. The first-order chi connectivity index (χ1) is 10.6. The minimum absolute atomic E-state index is 0.316. The van der Waals surface area contributed by atoms with E-state index < -0.39 is 6.55 Å². The molecule has 8 nitrogen and oxygen atoms in total. The number of alkyl halides is 2. The molecule has 3 aromatic rings. The van der Waals surface area contributed by atoms with Gasteiger partial charge in [-0.1, -0.05) is 5.21 Å². The normalized spacial score (nSPS) is 14.9. The number of anilines is 2. The Balaban J connectivity index is 1.72. The van der Waals surface area contributed by atoms with Crippen LogP contribution in [0.5, 0.6) is 0 Å². The molecule has 0 atom stereocenters. The van der Waals surface area contributed by atoms with Crippen LogP contribution in [0, 0.1) is 6.92 Å². The molecule has 10 heteroatoms. The molecule has 0 amide bonds. The lowest BCUT2D eigenvalue weighted by atomic mass is 10.4. The second kappa shape index (κ2) is 4.68. The van der Waals surface area contributed by atoms with Crippen LogP contribution in [0.15, 0.2) is 12.5 Å². The van der Waals surface area contributed by atoms with Gasteiger partial charge in [-0.05, 0) is 19.8 Å². The lowest BCUT2D eigenvalue weighted by Crippen LogP contribution is -2.03. The molecule has 0 aliphatic heterocycles. The van der Waals surface area contributed by atoms with Gasteiger partial charge in [0.25, 0.3) is 0 Å². The Morgan fingerprint density at radius 2 is 2.14 bits per heavy atom. The van der Waals surface area contributed by atoms with E-state index in [0.717, 1.165) is 12.8 Å². The Bertz CT molecular complexity index is 835. The van der Waals surface area contributed by atoms with Gasteiger partial charge in [-0.25, -0.2) is 19.3 Å². The fraction of sp³-hybridized carbons (Fsp3) is 0.417. The molecule has 4 rings (SSSR count). The predicted molar refractivity (Wildman–Crippen MR) is 72.9 cm³/mol. The average Bonchev–Trinajstić information content (AvgIpc) is 3.14. The van der Waals surface area contributed by atoms with Crippen molar-refractivity contribution in [3.05, 3.63) is 18.2 Å². The highest BCUT2D eigenvalue weighted by molar-refractivity contribution is 5.84. The van der Waals surface area contributed by atoms with Crippen LogP contribution in [-0.4, -0.2) is 34.7 Å². The van der Waals surface area contributed by atoms with Crippen molar-refractivity contribution in [2.24, 2.45) is 0 Å². The molecule has 0 aromatic carbocycles. The van der Waals surface area contributed by atoms with Crippen molar-refractivity contribution < 1.29 is 8.78 Å². The standard InChI is InChI=1S/C12H12F2N8/c1-6-8(4-17-21(6)12(13)14)18-10-9-11(16-5-15-10)22(20-19-9)7-2-3-7/h4-5,7,12H,2-3H2,1H3,(H,15,16,18). The number of nitrogens with zero attached hydrogens (tertiary/aromatic N) is 7. The molecule has 1 N–H and O–H groups in total. The second-order valence-electron chi connectivity index (χ2n) is 5.15. The van der Waals surface area contributed by atoms with E-state index in [0.29, 0.717) is 39.1 Å². The van der Waals surface area contributed by atoms with Crippen molar-refractivity contribution >= 4 is 22.7 Å². The van der Waals surface area contributed by atoms with E-state index in [2.05, 4.69) is 30.7 Å². The van der Waals surface area contributed by atoms with Crippen LogP contribution in [0.4, 0.5) is 20.3 Å². The molecule has 0 bridgehead atoms. The molecule has 1 aliphatic carbocycles. The maximum Gasteiger partial charge on any atom is 0.333 e. The highest BCUT2D eigenvalue weighted by Gasteiger charge is 2.28. The van der Waals surface area contributed by atoms with Crippen LogP contribution in [0.3, 0.4) is 0 Å². The number of rotatable bonds is 4. The number of fused-ring (bicyclic) bond motifs is 1. The molecule has 0 radical (unpaired) electrons. The van der Waals surface area contributed by atoms with Gasteiger partial charge in [0.15, 0.2) is 17.0 Å². The van der Waals surface area contributed by atoms with Crippen molar-refractivity contribution in [2.45, 2.75) is 32.4 Å². The van der Waals surface area contributed by atoms with Crippen LogP contribution < -0.4 is 5.32 Å². The fourth-order valence-corrected chi connectivity index (χ4v) is 2.29. The van der Waals surface area contributed by atoms with Crippen LogP contribution >= 0.6 is 0 Å². The second-order valence-corrected chi connectivity index (χ2v) is 5.15. The summed E-state index contributed by atoms with van der Waals surface area (Å²) >= 11 is 0. The maximum absolute atomic E-state index is 12.8. The van der Waals surface area contributed by atoms with E-state index in [9.17, 15) is 8.78 Å². The van der Waals surface area contributed by atoms with E-state index in [1.54, 1.807) is 11.6 Å². The monoisotopic (exact) mass is 306 g/mol. The summed E-state index contributed by atoms with van der Waals surface area (Å²) in [5.74, 6) is 0.425. The number of aromatic nitrogens is 7. The molecule has 22 heavy (non-hydrogen) atoms. The SMILES string of the molecule is Cc1c(Nc2ncnc3c2nnn3C2CC2)cnn1C(F)F. The summed E-state index contributed by atoms with van der Waals surface area (Å²) in [7, 11) is 0. The molecule has 114 valence electrons. The molecule has 1 saturated carbocycles. The molecule has 0 unspecified atom stereocenters. The maximum atomic E-state index is 12.8. The highest BCUT2D eigenvalue weighted by atomic mass is 19.3. The first-order valence-corrected chi connectivity index (χ1v) is 6.80. The number of hydrogen-bond acceptors (Lipinski definition) is 6. The first-order valence-electron chi connectivity index (χ1n) is 6.80. The summed E-state index contributed by atoms with van der Waals surface area (Å²) in [5, 5.41) is 14.8. The Morgan fingerprint density at radius 1 is 1.32 bits per heavy atom. The summed E-state index contributed by atoms with van der Waals surface area (Å²) < 4.78 is 27.9. The number of halogens is 2. The highest BCUT2D eigenvalue weighted by Crippen LogP contribution is 2.36. The molecule has 1 fully saturated rings. The quantitative estimate of drug-likeness (QED) is 0.795. The van der Waals surface area contributed by atoms with Gasteiger partial charge < -0.3 is 5.32 Å². The van der Waals surface area contributed by atoms with Crippen molar-refractivity contribution in [2.75, 3.05) is 5.32 Å². The minimum Gasteiger partial charge on any atom is -0.335 e. The van der Waals surface area contributed by atoms with Crippen molar-refractivity contribution in [1.29, 1.82) is 0 Å². The van der Waals surface area contributed by atoms with E-state index in [-0.39, 0.29) is 0 Å². The van der Waals surface area contributed by atoms with Crippen molar-refractivity contribution in [1.82, 2.24) is 34.7 Å². The molecule has 3 aromatic heterocycles. The summed E-state index contributed by atoms with van der Waals surface area (Å²) in [4.78, 5) is 8.33. The van der Waals surface area contributed by atoms with Gasteiger partial charge in [-0.3, -0.25) is 0 Å². The van der Waals surface area contributed by atoms with E-state index in [1.165, 1.54) is 12.5 Å². The molecule has 1 aliphatic rings. The van der Waals surface area contributed by atoms with Crippen molar-refractivity contribution in [3.63, 3.8) is 0 Å².